The van der Waals surface area contributed by atoms with Gasteiger partial charge in [-0.3, -0.25) is 14.3 Å². The van der Waals surface area contributed by atoms with Crippen molar-refractivity contribution in [3.63, 3.8) is 0 Å². The minimum absolute atomic E-state index is 0.336. The number of hydrogen-bond acceptors (Lipinski definition) is 4. The Balaban J connectivity index is 2.16. The van der Waals surface area contributed by atoms with Crippen LogP contribution < -0.4 is 11.2 Å². The minimum atomic E-state index is -0.412. The van der Waals surface area contributed by atoms with Crippen molar-refractivity contribution >= 4 is 22.9 Å². The van der Waals surface area contributed by atoms with E-state index >= 15 is 0 Å². The van der Waals surface area contributed by atoms with Crippen LogP contribution in [-0.4, -0.2) is 24.9 Å². The Bertz CT molecular complexity index is 791. The van der Waals surface area contributed by atoms with Crippen LogP contribution in [0.4, 0.5) is 0 Å². The summed E-state index contributed by atoms with van der Waals surface area (Å²) in [6.07, 6.45) is 9.63. The van der Waals surface area contributed by atoms with E-state index < -0.39 is 5.69 Å². The molecule has 0 aliphatic heterocycles. The van der Waals surface area contributed by atoms with Gasteiger partial charge in [0.1, 0.15) is 0 Å². The van der Waals surface area contributed by atoms with Crippen LogP contribution in [0.15, 0.2) is 14.7 Å². The second-order valence-electron chi connectivity index (χ2n) is 6.51. The maximum Gasteiger partial charge on any atom is 0.329 e. The zero-order valence-corrected chi connectivity index (χ0v) is 16.5. The number of aryl methyl sites for hydroxylation is 2. The van der Waals surface area contributed by atoms with Crippen LogP contribution >= 0.6 is 11.8 Å². The van der Waals surface area contributed by atoms with Gasteiger partial charge in [-0.25, -0.2) is 9.78 Å². The van der Waals surface area contributed by atoms with Gasteiger partial charge in [-0.2, -0.15) is 0 Å². The largest absolute Gasteiger partial charge is 0.329 e. The van der Waals surface area contributed by atoms with Crippen molar-refractivity contribution < 1.29 is 0 Å². The number of imidazole rings is 1. The predicted molar refractivity (Wildman–Crippen MR) is 105 cm³/mol. The van der Waals surface area contributed by atoms with Crippen molar-refractivity contribution in [3.8, 4) is 0 Å². The first-order chi connectivity index (χ1) is 12.1. The molecule has 6 nitrogen and oxygen atoms in total. The van der Waals surface area contributed by atoms with E-state index in [1.165, 1.54) is 36.7 Å². The highest BCUT2D eigenvalue weighted by Crippen LogP contribution is 2.23. The number of thioether (sulfide) groups is 1. The van der Waals surface area contributed by atoms with Crippen LogP contribution in [0, 0.1) is 0 Å². The van der Waals surface area contributed by atoms with Crippen molar-refractivity contribution in [3.05, 3.63) is 20.8 Å². The van der Waals surface area contributed by atoms with Crippen molar-refractivity contribution in [1.82, 2.24) is 19.1 Å². The van der Waals surface area contributed by atoms with Crippen molar-refractivity contribution in [1.29, 1.82) is 0 Å². The third kappa shape index (κ3) is 5.00. The van der Waals surface area contributed by atoms with Crippen molar-refractivity contribution in [2.75, 3.05) is 5.75 Å². The smallest absolute Gasteiger partial charge is 0.313 e. The maximum atomic E-state index is 12.3. The summed E-state index contributed by atoms with van der Waals surface area (Å²) in [5, 5.41) is 0.842. The Morgan fingerprint density at radius 2 is 1.68 bits per heavy atom. The van der Waals surface area contributed by atoms with Crippen LogP contribution in [0.3, 0.4) is 0 Å². The van der Waals surface area contributed by atoms with E-state index in [1.807, 2.05) is 4.57 Å². The highest BCUT2D eigenvalue weighted by atomic mass is 32.2. The van der Waals surface area contributed by atoms with E-state index in [0.29, 0.717) is 11.2 Å². The highest BCUT2D eigenvalue weighted by Gasteiger charge is 2.17. The molecule has 0 spiro atoms. The van der Waals surface area contributed by atoms with Gasteiger partial charge in [0.05, 0.1) is 0 Å². The minimum Gasteiger partial charge on any atom is -0.313 e. The number of aromatic amines is 1. The van der Waals surface area contributed by atoms with Crippen LogP contribution in [0.25, 0.3) is 11.2 Å². The number of aromatic nitrogens is 4. The molecular weight excluding hydrogens is 336 g/mol. The average molecular weight is 367 g/mol. The Morgan fingerprint density at radius 1 is 1.00 bits per heavy atom. The molecule has 0 radical (unpaired) electrons. The fourth-order valence-electron chi connectivity index (χ4n) is 2.95. The molecule has 2 rings (SSSR count). The summed E-state index contributed by atoms with van der Waals surface area (Å²) in [5.41, 5.74) is 0.254. The van der Waals surface area contributed by atoms with Gasteiger partial charge in [0.2, 0.25) is 0 Å². The summed E-state index contributed by atoms with van der Waals surface area (Å²) in [6, 6.07) is 0. The second-order valence-corrected chi connectivity index (χ2v) is 7.57. The van der Waals surface area contributed by atoms with Gasteiger partial charge in [0.15, 0.2) is 16.3 Å². The summed E-state index contributed by atoms with van der Waals surface area (Å²) in [4.78, 5) is 31.1. The lowest BCUT2D eigenvalue weighted by atomic mass is 10.1. The standard InChI is InChI=1S/C18H30N4O2S/c1-4-6-7-8-9-10-11-12-22-14-15(19-18(22)25-13-5-2)21(3)17(24)20-16(14)23/h4-13H2,1-3H3,(H,20,23,24). The molecule has 2 aromatic rings. The fourth-order valence-corrected chi connectivity index (χ4v) is 3.83. The lowest BCUT2D eigenvalue weighted by Gasteiger charge is -2.08. The number of fused-ring (bicyclic) bond motifs is 1. The average Bonchev–Trinajstić information content (AvgIpc) is 2.96. The zero-order valence-electron chi connectivity index (χ0n) is 15.6. The predicted octanol–water partition coefficient (Wildman–Crippen LogP) is 3.68. The molecule has 140 valence electrons. The Hall–Kier alpha value is -1.50. The SMILES string of the molecule is CCCCCCCCCn1c(SCCC)nc2c1c(=O)[nH]c(=O)n2C. The summed E-state index contributed by atoms with van der Waals surface area (Å²) in [5.74, 6) is 0.951. The van der Waals surface area contributed by atoms with Crippen LogP contribution in [-0.2, 0) is 13.6 Å². The topological polar surface area (TPSA) is 72.7 Å². The van der Waals surface area contributed by atoms with Gasteiger partial charge < -0.3 is 4.57 Å². The molecule has 0 saturated carbocycles. The molecule has 0 fully saturated rings. The fraction of sp³-hybridized carbons (Fsp3) is 0.722. The number of H-pyrrole nitrogens is 1. The van der Waals surface area contributed by atoms with Gasteiger partial charge >= 0.3 is 5.69 Å². The number of rotatable bonds is 11. The Morgan fingerprint density at radius 3 is 2.36 bits per heavy atom. The van der Waals surface area contributed by atoms with E-state index in [4.69, 9.17) is 0 Å². The number of unbranched alkanes of at least 4 members (excludes halogenated alkanes) is 6. The van der Waals surface area contributed by atoms with Crippen LogP contribution in [0.5, 0.6) is 0 Å². The second kappa shape index (κ2) is 9.85. The quantitative estimate of drug-likeness (QED) is 0.486. The normalized spacial score (nSPS) is 11.5. The first-order valence-corrected chi connectivity index (χ1v) is 10.4. The van der Waals surface area contributed by atoms with Gasteiger partial charge in [-0.15, -0.1) is 0 Å². The van der Waals surface area contributed by atoms with Crippen molar-refractivity contribution in [2.45, 2.75) is 76.9 Å². The lowest BCUT2D eigenvalue weighted by Crippen LogP contribution is -2.29. The molecule has 0 aliphatic carbocycles. The summed E-state index contributed by atoms with van der Waals surface area (Å²) >= 11 is 1.65. The molecule has 0 saturated heterocycles. The maximum absolute atomic E-state index is 12.3. The molecular formula is C18H30N4O2S. The third-order valence-electron chi connectivity index (χ3n) is 4.39. The summed E-state index contributed by atoms with van der Waals surface area (Å²) in [6.45, 7) is 5.13. The van der Waals surface area contributed by atoms with Gasteiger partial charge in [-0.1, -0.05) is 64.1 Å². The summed E-state index contributed by atoms with van der Waals surface area (Å²) < 4.78 is 3.42. The molecule has 2 aromatic heterocycles. The van der Waals surface area contributed by atoms with Crippen molar-refractivity contribution in [2.24, 2.45) is 7.05 Å². The van der Waals surface area contributed by atoms with E-state index in [9.17, 15) is 9.59 Å². The molecule has 2 heterocycles. The van der Waals surface area contributed by atoms with Gasteiger partial charge in [0.25, 0.3) is 5.56 Å². The van der Waals surface area contributed by atoms with Crippen LogP contribution in [0.2, 0.25) is 0 Å². The Kier molecular flexibility index (Phi) is 7.81. The molecule has 0 amide bonds. The van der Waals surface area contributed by atoms with E-state index in [-0.39, 0.29) is 5.56 Å². The molecule has 0 bridgehead atoms. The van der Waals surface area contributed by atoms with Crippen LogP contribution in [0.1, 0.15) is 65.2 Å². The first-order valence-electron chi connectivity index (χ1n) is 9.42. The number of nitrogens with one attached hydrogen (secondary N) is 1. The molecule has 0 unspecified atom stereocenters. The number of nitrogens with zero attached hydrogens (tertiary/aromatic N) is 3. The molecule has 0 atom stereocenters. The number of hydrogen-bond donors (Lipinski definition) is 1. The third-order valence-corrected chi connectivity index (χ3v) is 5.57. The molecule has 1 N–H and O–H groups in total. The summed E-state index contributed by atoms with van der Waals surface area (Å²) in [7, 11) is 1.65. The van der Waals surface area contributed by atoms with E-state index in [2.05, 4.69) is 23.8 Å². The highest BCUT2D eigenvalue weighted by molar-refractivity contribution is 7.99. The zero-order chi connectivity index (χ0) is 18.2. The van der Waals surface area contributed by atoms with Gasteiger partial charge in [0, 0.05) is 19.3 Å². The lowest BCUT2D eigenvalue weighted by molar-refractivity contribution is 0.538. The first kappa shape index (κ1) is 19.8. The molecule has 7 heteroatoms. The monoisotopic (exact) mass is 366 g/mol. The van der Waals surface area contributed by atoms with Gasteiger partial charge in [-0.05, 0) is 12.8 Å². The van der Waals surface area contributed by atoms with E-state index in [0.717, 1.165) is 36.7 Å². The van der Waals surface area contributed by atoms with E-state index in [1.54, 1.807) is 18.8 Å². The molecule has 0 aliphatic rings. The molecule has 25 heavy (non-hydrogen) atoms. The molecule has 0 aromatic carbocycles. The Labute approximate surface area is 153 Å².